The highest BCUT2D eigenvalue weighted by Gasteiger charge is 2.12. The topological polar surface area (TPSA) is 42.0 Å². The fourth-order valence-corrected chi connectivity index (χ4v) is 2.58. The lowest BCUT2D eigenvalue weighted by Crippen LogP contribution is -2.19. The molecule has 1 aromatic heterocycles. The van der Waals surface area contributed by atoms with Crippen molar-refractivity contribution in [2.75, 3.05) is 5.32 Å². The Labute approximate surface area is 125 Å². The number of carbonyl (C=O) groups is 1. The van der Waals surface area contributed by atoms with E-state index >= 15 is 0 Å². The third-order valence-electron chi connectivity index (χ3n) is 2.47. The molecule has 19 heavy (non-hydrogen) atoms. The van der Waals surface area contributed by atoms with Gasteiger partial charge in [0.1, 0.15) is 5.38 Å². The van der Waals surface area contributed by atoms with Crippen LogP contribution in [0.5, 0.6) is 0 Å². The number of anilines is 1. The van der Waals surface area contributed by atoms with E-state index in [0.29, 0.717) is 11.6 Å². The monoisotopic (exact) mass is 314 g/mol. The van der Waals surface area contributed by atoms with Crippen LogP contribution in [0.15, 0.2) is 30.5 Å². The maximum Gasteiger partial charge on any atom is 0.243 e. The summed E-state index contributed by atoms with van der Waals surface area (Å²) in [5.74, 6) is -0.250. The summed E-state index contributed by atoms with van der Waals surface area (Å²) in [5, 5.41) is 3.38. The first kappa shape index (κ1) is 14.3. The molecule has 6 heteroatoms. The highest BCUT2D eigenvalue weighted by atomic mass is 35.5. The molecule has 1 heterocycles. The van der Waals surface area contributed by atoms with E-state index in [1.165, 1.54) is 11.3 Å². The zero-order chi connectivity index (χ0) is 13.8. The summed E-state index contributed by atoms with van der Waals surface area (Å²) in [4.78, 5) is 16.6. The van der Waals surface area contributed by atoms with E-state index in [1.807, 2.05) is 24.3 Å². The van der Waals surface area contributed by atoms with E-state index in [9.17, 15) is 4.79 Å². The third-order valence-corrected chi connectivity index (χ3v) is 3.95. The molecule has 0 unspecified atom stereocenters. The Kier molecular flexibility index (Phi) is 4.80. The van der Waals surface area contributed by atoms with E-state index < -0.39 is 5.38 Å². The van der Waals surface area contributed by atoms with Crippen molar-refractivity contribution in [1.29, 1.82) is 0 Å². The van der Waals surface area contributed by atoms with Crippen molar-refractivity contribution in [2.45, 2.75) is 18.7 Å². The van der Waals surface area contributed by atoms with Gasteiger partial charge in [-0.2, -0.15) is 0 Å². The lowest BCUT2D eigenvalue weighted by Gasteiger charge is -2.02. The van der Waals surface area contributed by atoms with Gasteiger partial charge in [-0.1, -0.05) is 29.8 Å². The van der Waals surface area contributed by atoms with Crippen molar-refractivity contribution in [3.63, 3.8) is 0 Å². The Balaban J connectivity index is 2.06. The van der Waals surface area contributed by atoms with Gasteiger partial charge in [0.2, 0.25) is 5.91 Å². The Hall–Kier alpha value is -1.10. The zero-order valence-electron chi connectivity index (χ0n) is 10.2. The fourth-order valence-electron chi connectivity index (χ4n) is 1.48. The van der Waals surface area contributed by atoms with Gasteiger partial charge in [-0.25, -0.2) is 4.98 Å². The predicted molar refractivity (Wildman–Crippen MR) is 80.3 cm³/mol. The average Bonchev–Trinajstić information content (AvgIpc) is 2.79. The van der Waals surface area contributed by atoms with Crippen LogP contribution in [-0.2, 0) is 11.2 Å². The molecule has 0 saturated carbocycles. The lowest BCUT2D eigenvalue weighted by molar-refractivity contribution is -0.115. The second-order valence-electron chi connectivity index (χ2n) is 4.01. The van der Waals surface area contributed by atoms with Crippen molar-refractivity contribution in [2.24, 2.45) is 0 Å². The van der Waals surface area contributed by atoms with Crippen molar-refractivity contribution in [3.05, 3.63) is 45.9 Å². The van der Waals surface area contributed by atoms with Crippen LogP contribution >= 0.6 is 34.5 Å². The fraction of sp³-hybridized carbons (Fsp3) is 0.231. The number of benzene rings is 1. The number of nitrogens with one attached hydrogen (secondary N) is 1. The van der Waals surface area contributed by atoms with E-state index in [1.54, 1.807) is 13.1 Å². The van der Waals surface area contributed by atoms with Gasteiger partial charge >= 0.3 is 0 Å². The van der Waals surface area contributed by atoms with Crippen LogP contribution in [-0.4, -0.2) is 16.3 Å². The first-order chi connectivity index (χ1) is 9.06. The van der Waals surface area contributed by atoms with Gasteiger partial charge < -0.3 is 5.32 Å². The number of amides is 1. The summed E-state index contributed by atoms with van der Waals surface area (Å²) in [5.41, 5.74) is 1.04. The highest BCUT2D eigenvalue weighted by molar-refractivity contribution is 7.15. The number of hydrogen-bond donors (Lipinski definition) is 1. The summed E-state index contributed by atoms with van der Waals surface area (Å²) in [6.07, 6.45) is 2.44. The van der Waals surface area contributed by atoms with Crippen LogP contribution in [0.3, 0.4) is 0 Å². The van der Waals surface area contributed by atoms with Gasteiger partial charge in [-0.15, -0.1) is 22.9 Å². The molecule has 0 bridgehead atoms. The van der Waals surface area contributed by atoms with E-state index in [0.717, 1.165) is 15.5 Å². The van der Waals surface area contributed by atoms with Crippen LogP contribution in [0.1, 0.15) is 17.4 Å². The van der Waals surface area contributed by atoms with Crippen molar-refractivity contribution in [3.8, 4) is 0 Å². The Morgan fingerprint density at radius 3 is 2.89 bits per heavy atom. The smallest absolute Gasteiger partial charge is 0.243 e. The zero-order valence-corrected chi connectivity index (χ0v) is 12.5. The molecule has 2 aromatic rings. The van der Waals surface area contributed by atoms with E-state index in [4.69, 9.17) is 23.2 Å². The molecule has 100 valence electrons. The van der Waals surface area contributed by atoms with Crippen molar-refractivity contribution >= 4 is 45.6 Å². The summed E-state index contributed by atoms with van der Waals surface area (Å²) in [6.45, 7) is 1.62. The van der Waals surface area contributed by atoms with Crippen LogP contribution in [0.2, 0.25) is 5.02 Å². The molecule has 0 saturated heterocycles. The summed E-state index contributed by atoms with van der Waals surface area (Å²) >= 11 is 13.2. The lowest BCUT2D eigenvalue weighted by atomic mass is 10.1. The summed E-state index contributed by atoms with van der Waals surface area (Å²) < 4.78 is 0. The number of alkyl halides is 1. The molecular formula is C13H12Cl2N2OS. The number of carbonyl (C=O) groups excluding carboxylic acids is 1. The standard InChI is InChI=1S/C13H12Cl2N2OS/c1-8(14)12(18)17-13-16-7-10(19-13)6-9-4-2-3-5-11(9)15/h2-5,7-8H,6H2,1H3,(H,16,17,18)/t8-/m0/s1. The molecule has 1 atom stereocenters. The quantitative estimate of drug-likeness (QED) is 0.868. The van der Waals surface area contributed by atoms with Crippen LogP contribution in [0.4, 0.5) is 5.13 Å². The number of halogens is 2. The van der Waals surface area contributed by atoms with Crippen LogP contribution in [0.25, 0.3) is 0 Å². The maximum atomic E-state index is 11.4. The van der Waals surface area contributed by atoms with E-state index in [-0.39, 0.29) is 5.91 Å². The molecule has 0 fully saturated rings. The molecule has 1 N–H and O–H groups in total. The molecule has 1 amide bonds. The Morgan fingerprint density at radius 1 is 1.47 bits per heavy atom. The number of thiazole rings is 1. The van der Waals surface area contributed by atoms with Crippen molar-refractivity contribution < 1.29 is 4.79 Å². The number of aromatic nitrogens is 1. The van der Waals surface area contributed by atoms with Crippen LogP contribution in [0, 0.1) is 0 Å². The molecule has 0 aliphatic heterocycles. The minimum atomic E-state index is -0.573. The van der Waals surface area contributed by atoms with Gasteiger partial charge in [0.05, 0.1) is 0 Å². The average molecular weight is 315 g/mol. The van der Waals surface area contributed by atoms with Gasteiger partial charge in [0.25, 0.3) is 0 Å². The molecule has 0 aliphatic rings. The first-order valence-corrected chi connectivity index (χ1v) is 7.32. The largest absolute Gasteiger partial charge is 0.301 e. The van der Waals surface area contributed by atoms with Crippen molar-refractivity contribution in [1.82, 2.24) is 4.98 Å². The minimum absolute atomic E-state index is 0.250. The second kappa shape index (κ2) is 6.37. The number of hydrogen-bond acceptors (Lipinski definition) is 3. The predicted octanol–water partition coefficient (Wildman–Crippen LogP) is 3.95. The number of nitrogens with zero attached hydrogens (tertiary/aromatic N) is 1. The molecule has 2 rings (SSSR count). The second-order valence-corrected chi connectivity index (χ2v) is 6.18. The Morgan fingerprint density at radius 2 is 2.21 bits per heavy atom. The Bertz CT molecular complexity index is 584. The molecule has 0 aliphatic carbocycles. The first-order valence-electron chi connectivity index (χ1n) is 5.69. The third kappa shape index (κ3) is 3.93. The van der Waals surface area contributed by atoms with Gasteiger partial charge in [-0.3, -0.25) is 4.79 Å². The number of rotatable bonds is 4. The molecule has 0 radical (unpaired) electrons. The summed E-state index contributed by atoms with van der Waals surface area (Å²) in [7, 11) is 0. The normalized spacial score (nSPS) is 12.2. The molecule has 3 nitrogen and oxygen atoms in total. The molecule has 0 spiro atoms. The van der Waals surface area contributed by atoms with Gasteiger partial charge in [-0.05, 0) is 18.6 Å². The van der Waals surface area contributed by atoms with Gasteiger partial charge in [0, 0.05) is 22.5 Å². The van der Waals surface area contributed by atoms with E-state index in [2.05, 4.69) is 10.3 Å². The molecule has 1 aromatic carbocycles. The minimum Gasteiger partial charge on any atom is -0.301 e. The molecular weight excluding hydrogens is 303 g/mol. The maximum absolute atomic E-state index is 11.4. The SMILES string of the molecule is C[C@H](Cl)C(=O)Nc1ncc(Cc2ccccc2Cl)s1. The van der Waals surface area contributed by atoms with Gasteiger partial charge in [0.15, 0.2) is 5.13 Å². The summed E-state index contributed by atoms with van der Waals surface area (Å²) in [6, 6.07) is 7.67. The van der Waals surface area contributed by atoms with Crippen LogP contribution < -0.4 is 5.32 Å². The highest BCUT2D eigenvalue weighted by Crippen LogP contribution is 2.24.